The second kappa shape index (κ2) is 7.99. The number of nitrogens with one attached hydrogen (secondary N) is 2. The van der Waals surface area contributed by atoms with Gasteiger partial charge in [-0.25, -0.2) is 9.67 Å². The molecule has 0 bridgehead atoms. The van der Waals surface area contributed by atoms with E-state index in [0.29, 0.717) is 29.3 Å². The van der Waals surface area contributed by atoms with Crippen LogP contribution >= 0.6 is 11.6 Å². The number of hydrogen-bond acceptors (Lipinski definition) is 7. The van der Waals surface area contributed by atoms with Crippen LogP contribution in [-0.2, 0) is 11.3 Å². The Morgan fingerprint density at radius 3 is 2.71 bits per heavy atom. The number of hydrogen-bond donors (Lipinski definition) is 2. The Balaban J connectivity index is 1.66. The van der Waals surface area contributed by atoms with Gasteiger partial charge in [0.2, 0.25) is 11.9 Å². The number of halogens is 3. The van der Waals surface area contributed by atoms with E-state index < -0.39 is 6.29 Å². The van der Waals surface area contributed by atoms with Crippen LogP contribution in [0.25, 0.3) is 11.4 Å². The quantitative estimate of drug-likeness (QED) is 0.554. The fourth-order valence-corrected chi connectivity index (χ4v) is 3.27. The first-order chi connectivity index (χ1) is 14.7. The van der Waals surface area contributed by atoms with E-state index in [-0.39, 0.29) is 35.1 Å². The van der Waals surface area contributed by atoms with Crippen LogP contribution in [-0.4, -0.2) is 38.5 Å². The number of nitrogens with zero attached hydrogens (tertiary/aromatic N) is 4. The number of carbonyl (C=O) groups excluding carboxylic acids is 1. The number of ether oxygens (including phenoxy) is 2. The molecule has 4 rings (SSSR count). The van der Waals surface area contributed by atoms with Crippen LogP contribution in [0.1, 0.15) is 12.6 Å². The van der Waals surface area contributed by atoms with Gasteiger partial charge in [0, 0.05) is 29.6 Å². The zero-order valence-corrected chi connectivity index (χ0v) is 17.2. The van der Waals surface area contributed by atoms with E-state index in [4.69, 9.17) is 11.6 Å². The first kappa shape index (κ1) is 20.8. The van der Waals surface area contributed by atoms with Gasteiger partial charge in [-0.1, -0.05) is 11.6 Å². The highest BCUT2D eigenvalue weighted by molar-refractivity contribution is 6.29. The maximum atomic E-state index is 13.2. The maximum absolute atomic E-state index is 13.2. The van der Waals surface area contributed by atoms with Gasteiger partial charge in [-0.15, -0.1) is 13.9 Å². The summed E-state index contributed by atoms with van der Waals surface area (Å²) in [6.45, 7) is 3.98. The molecule has 0 fully saturated rings. The monoisotopic (exact) mass is 450 g/mol. The highest BCUT2D eigenvalue weighted by Crippen LogP contribution is 2.42. The summed E-state index contributed by atoms with van der Waals surface area (Å²) in [4.78, 5) is 20.7. The van der Waals surface area contributed by atoms with Crippen molar-refractivity contribution < 1.29 is 23.0 Å². The molecular formula is C19H17ClF2N6O3. The predicted molar refractivity (Wildman–Crippen MR) is 108 cm³/mol. The van der Waals surface area contributed by atoms with Crippen molar-refractivity contribution in [2.45, 2.75) is 26.7 Å². The summed E-state index contributed by atoms with van der Waals surface area (Å²) in [5.74, 6) is 0.0905. The maximum Gasteiger partial charge on any atom is 0.586 e. The average molecular weight is 451 g/mol. The largest absolute Gasteiger partial charge is 0.586 e. The van der Waals surface area contributed by atoms with Gasteiger partial charge in [0.05, 0.1) is 0 Å². The Labute approximate surface area is 180 Å². The summed E-state index contributed by atoms with van der Waals surface area (Å²) in [6.07, 6.45) is -3.71. The van der Waals surface area contributed by atoms with Crippen LogP contribution < -0.4 is 20.1 Å². The van der Waals surface area contributed by atoms with Crippen LogP contribution in [0.3, 0.4) is 0 Å². The molecule has 0 radical (unpaired) electrons. The summed E-state index contributed by atoms with van der Waals surface area (Å²) in [5, 5.41) is 10.2. The van der Waals surface area contributed by atoms with E-state index in [1.807, 2.05) is 6.92 Å². The number of likely N-dealkylation sites (N-methyl/N-ethyl adjacent to an activating group) is 1. The number of rotatable bonds is 6. The standard InChI is InChI=1S/C19H17ClF2N6O3/c1-3-23-16(29)9-28-17(11-6-10(2)24-15(20)7-11)26-18(27-28)25-12-4-5-13-14(8-12)31-19(21,22)30-13/h4-8H,3,9H2,1-2H3,(H,23,29)(H,25,27). The molecule has 3 heterocycles. The second-order valence-electron chi connectivity index (χ2n) is 6.64. The van der Waals surface area contributed by atoms with Gasteiger partial charge in [-0.05, 0) is 38.1 Å². The highest BCUT2D eigenvalue weighted by Gasteiger charge is 2.43. The van der Waals surface area contributed by atoms with Gasteiger partial charge in [0.25, 0.3) is 0 Å². The molecule has 3 aromatic rings. The summed E-state index contributed by atoms with van der Waals surface area (Å²) < 4.78 is 36.7. The zero-order chi connectivity index (χ0) is 22.2. The summed E-state index contributed by atoms with van der Waals surface area (Å²) in [6, 6.07) is 7.57. The summed E-state index contributed by atoms with van der Waals surface area (Å²) in [7, 11) is 0. The van der Waals surface area contributed by atoms with Crippen molar-refractivity contribution in [1.29, 1.82) is 0 Å². The Kier molecular flexibility index (Phi) is 5.36. The van der Waals surface area contributed by atoms with Gasteiger partial charge in [-0.3, -0.25) is 4.79 Å². The van der Waals surface area contributed by atoms with Gasteiger partial charge >= 0.3 is 6.29 Å². The molecule has 2 N–H and O–H groups in total. The first-order valence-corrected chi connectivity index (χ1v) is 9.63. The molecule has 12 heteroatoms. The van der Waals surface area contributed by atoms with E-state index in [1.54, 1.807) is 19.1 Å². The number of anilines is 2. The van der Waals surface area contributed by atoms with Crippen molar-refractivity contribution in [2.75, 3.05) is 11.9 Å². The molecule has 0 aliphatic carbocycles. The molecule has 1 aliphatic heterocycles. The third-order valence-corrected chi connectivity index (χ3v) is 4.37. The van der Waals surface area contributed by atoms with Gasteiger partial charge < -0.3 is 20.1 Å². The highest BCUT2D eigenvalue weighted by atomic mass is 35.5. The van der Waals surface area contributed by atoms with Crippen LogP contribution in [0.4, 0.5) is 20.4 Å². The SMILES string of the molecule is CCNC(=O)Cn1nc(Nc2ccc3c(c2)OC(F)(F)O3)nc1-c1cc(C)nc(Cl)c1. The molecule has 0 spiro atoms. The van der Waals surface area contributed by atoms with E-state index in [9.17, 15) is 13.6 Å². The molecule has 9 nitrogen and oxygen atoms in total. The number of pyridine rings is 1. The fraction of sp³-hybridized carbons (Fsp3) is 0.263. The van der Waals surface area contributed by atoms with Gasteiger partial charge in [0.15, 0.2) is 17.3 Å². The molecule has 31 heavy (non-hydrogen) atoms. The lowest BCUT2D eigenvalue weighted by atomic mass is 10.2. The number of carbonyl (C=O) groups is 1. The molecule has 0 unspecified atom stereocenters. The molecule has 0 saturated carbocycles. The van der Waals surface area contributed by atoms with Crippen molar-refractivity contribution in [3.63, 3.8) is 0 Å². The van der Waals surface area contributed by atoms with Gasteiger partial charge in [-0.2, -0.15) is 4.98 Å². The third kappa shape index (κ3) is 4.66. The zero-order valence-electron chi connectivity index (χ0n) is 16.4. The summed E-state index contributed by atoms with van der Waals surface area (Å²) in [5.41, 5.74) is 1.68. The molecule has 1 aromatic carbocycles. The smallest absolute Gasteiger partial charge is 0.395 e. The van der Waals surface area contributed by atoms with Crippen LogP contribution in [0.2, 0.25) is 5.15 Å². The Morgan fingerprint density at radius 2 is 1.97 bits per heavy atom. The van der Waals surface area contributed by atoms with Crippen molar-refractivity contribution in [3.8, 4) is 22.9 Å². The van der Waals surface area contributed by atoms with E-state index >= 15 is 0 Å². The molecule has 0 atom stereocenters. The minimum Gasteiger partial charge on any atom is -0.395 e. The van der Waals surface area contributed by atoms with Crippen molar-refractivity contribution in [3.05, 3.63) is 41.2 Å². The second-order valence-corrected chi connectivity index (χ2v) is 7.03. The van der Waals surface area contributed by atoms with Crippen LogP contribution in [0.15, 0.2) is 30.3 Å². The van der Waals surface area contributed by atoms with Crippen LogP contribution in [0.5, 0.6) is 11.5 Å². The topological polar surface area (TPSA) is 103 Å². The van der Waals surface area contributed by atoms with Crippen LogP contribution in [0, 0.1) is 6.92 Å². The molecule has 2 aromatic heterocycles. The number of amides is 1. The average Bonchev–Trinajstić information content (AvgIpc) is 3.19. The van der Waals surface area contributed by atoms with E-state index in [1.165, 1.54) is 22.9 Å². The lowest BCUT2D eigenvalue weighted by molar-refractivity contribution is -0.286. The molecule has 162 valence electrons. The van der Waals surface area contributed by atoms with E-state index in [2.05, 4.69) is 35.2 Å². The summed E-state index contributed by atoms with van der Waals surface area (Å²) >= 11 is 6.07. The van der Waals surface area contributed by atoms with Crippen molar-refractivity contribution >= 4 is 29.1 Å². The Hall–Kier alpha value is -3.47. The predicted octanol–water partition coefficient (Wildman–Crippen LogP) is 3.50. The van der Waals surface area contributed by atoms with Crippen molar-refractivity contribution in [1.82, 2.24) is 25.1 Å². The number of benzene rings is 1. The normalized spacial score (nSPS) is 13.8. The molecule has 1 aliphatic rings. The Morgan fingerprint density at radius 1 is 1.19 bits per heavy atom. The number of aromatic nitrogens is 4. The fourth-order valence-electron chi connectivity index (χ4n) is 3.02. The first-order valence-electron chi connectivity index (χ1n) is 9.25. The minimum absolute atomic E-state index is 0.0760. The molecular weight excluding hydrogens is 434 g/mol. The number of alkyl halides is 2. The minimum atomic E-state index is -3.71. The van der Waals surface area contributed by atoms with E-state index in [0.717, 1.165) is 0 Å². The lowest BCUT2D eigenvalue weighted by Gasteiger charge is -2.06. The molecule has 0 saturated heterocycles. The molecule has 1 amide bonds. The third-order valence-electron chi connectivity index (χ3n) is 4.18. The number of aryl methyl sites for hydroxylation is 1. The lowest BCUT2D eigenvalue weighted by Crippen LogP contribution is -2.27. The Bertz CT molecular complexity index is 1130. The van der Waals surface area contributed by atoms with Gasteiger partial charge in [0.1, 0.15) is 11.7 Å². The van der Waals surface area contributed by atoms with Crippen molar-refractivity contribution in [2.24, 2.45) is 0 Å². The number of fused-ring (bicyclic) bond motifs is 1.